The Hall–Kier alpha value is -0.000000000000000111. The van der Waals surface area contributed by atoms with Crippen molar-refractivity contribution in [1.29, 1.82) is 0 Å². The lowest BCUT2D eigenvalue weighted by atomic mass is 10.3. The van der Waals surface area contributed by atoms with Crippen LogP contribution in [0.25, 0.3) is 0 Å². The summed E-state index contributed by atoms with van der Waals surface area (Å²) in [6.07, 6.45) is 3.11. The standard InChI is InChI=1S/C11H20BrN3S/c1-4-9-11(12)10(15(5-2)14-9)8-13-6-7-16-3/h13H,4-8H2,1-3H3. The molecule has 1 rings (SSSR count). The third kappa shape index (κ3) is 3.50. The van der Waals surface area contributed by atoms with Crippen LogP contribution < -0.4 is 5.32 Å². The summed E-state index contributed by atoms with van der Waals surface area (Å²) in [6.45, 7) is 7.13. The number of rotatable bonds is 7. The highest BCUT2D eigenvalue weighted by Gasteiger charge is 2.12. The molecule has 0 bridgehead atoms. The van der Waals surface area contributed by atoms with E-state index in [0.717, 1.165) is 37.5 Å². The van der Waals surface area contributed by atoms with Crippen LogP contribution >= 0.6 is 27.7 Å². The number of halogens is 1. The van der Waals surface area contributed by atoms with E-state index in [2.05, 4.69) is 51.1 Å². The second kappa shape index (κ2) is 7.35. The van der Waals surface area contributed by atoms with E-state index in [0.29, 0.717) is 0 Å². The Morgan fingerprint density at radius 2 is 2.19 bits per heavy atom. The van der Waals surface area contributed by atoms with Gasteiger partial charge in [0.2, 0.25) is 0 Å². The fraction of sp³-hybridized carbons (Fsp3) is 0.727. The molecule has 0 spiro atoms. The van der Waals surface area contributed by atoms with Crippen LogP contribution in [0.5, 0.6) is 0 Å². The minimum absolute atomic E-state index is 0.891. The molecule has 0 aliphatic heterocycles. The Morgan fingerprint density at radius 3 is 2.75 bits per heavy atom. The molecular formula is C11H20BrN3S. The summed E-state index contributed by atoms with van der Waals surface area (Å²) in [5.41, 5.74) is 2.42. The zero-order valence-electron chi connectivity index (χ0n) is 10.2. The van der Waals surface area contributed by atoms with Gasteiger partial charge in [-0.3, -0.25) is 4.68 Å². The first-order valence-corrected chi connectivity index (χ1v) is 7.86. The topological polar surface area (TPSA) is 29.9 Å². The predicted molar refractivity (Wildman–Crippen MR) is 75.1 cm³/mol. The van der Waals surface area contributed by atoms with Crippen molar-refractivity contribution in [3.63, 3.8) is 0 Å². The van der Waals surface area contributed by atoms with Gasteiger partial charge in [-0.05, 0) is 35.5 Å². The smallest absolute Gasteiger partial charge is 0.0767 e. The highest BCUT2D eigenvalue weighted by molar-refractivity contribution is 9.10. The van der Waals surface area contributed by atoms with Crippen molar-refractivity contribution in [3.05, 3.63) is 15.9 Å². The molecular weight excluding hydrogens is 286 g/mol. The number of hydrogen-bond donors (Lipinski definition) is 1. The van der Waals surface area contributed by atoms with Crippen LogP contribution in [0.2, 0.25) is 0 Å². The second-order valence-corrected chi connectivity index (χ2v) is 5.32. The van der Waals surface area contributed by atoms with Crippen LogP contribution in [-0.2, 0) is 19.5 Å². The Bertz CT molecular complexity index is 325. The van der Waals surface area contributed by atoms with E-state index in [1.807, 2.05) is 11.8 Å². The van der Waals surface area contributed by atoms with E-state index in [9.17, 15) is 0 Å². The lowest BCUT2D eigenvalue weighted by Gasteiger charge is -2.06. The Kier molecular flexibility index (Phi) is 6.46. The van der Waals surface area contributed by atoms with Crippen LogP contribution in [0, 0.1) is 0 Å². The van der Waals surface area contributed by atoms with E-state index >= 15 is 0 Å². The molecule has 0 atom stereocenters. The summed E-state index contributed by atoms with van der Waals surface area (Å²) in [6, 6.07) is 0. The van der Waals surface area contributed by atoms with Crippen molar-refractivity contribution in [2.45, 2.75) is 33.4 Å². The number of hydrogen-bond acceptors (Lipinski definition) is 3. The predicted octanol–water partition coefficient (Wildman–Crippen LogP) is 2.68. The molecule has 1 N–H and O–H groups in total. The van der Waals surface area contributed by atoms with Gasteiger partial charge in [-0.25, -0.2) is 0 Å². The summed E-state index contributed by atoms with van der Waals surface area (Å²) in [7, 11) is 0. The van der Waals surface area contributed by atoms with E-state index < -0.39 is 0 Å². The Morgan fingerprint density at radius 1 is 1.44 bits per heavy atom. The monoisotopic (exact) mass is 305 g/mol. The molecule has 0 saturated heterocycles. The Labute approximate surface area is 110 Å². The number of nitrogens with one attached hydrogen (secondary N) is 1. The molecule has 1 heterocycles. The molecule has 0 aliphatic carbocycles. The summed E-state index contributed by atoms with van der Waals surface area (Å²) in [5.74, 6) is 1.15. The van der Waals surface area contributed by atoms with Crippen LogP contribution in [0.3, 0.4) is 0 Å². The van der Waals surface area contributed by atoms with Gasteiger partial charge in [-0.1, -0.05) is 6.92 Å². The SMILES string of the molecule is CCc1nn(CC)c(CNCCSC)c1Br. The normalized spacial score (nSPS) is 11.0. The highest BCUT2D eigenvalue weighted by Crippen LogP contribution is 2.22. The highest BCUT2D eigenvalue weighted by atomic mass is 79.9. The van der Waals surface area contributed by atoms with Gasteiger partial charge in [-0.15, -0.1) is 0 Å². The van der Waals surface area contributed by atoms with Gasteiger partial charge in [0.25, 0.3) is 0 Å². The van der Waals surface area contributed by atoms with Crippen molar-refractivity contribution in [2.24, 2.45) is 0 Å². The number of thioether (sulfide) groups is 1. The van der Waals surface area contributed by atoms with E-state index in [-0.39, 0.29) is 0 Å². The fourth-order valence-electron chi connectivity index (χ4n) is 1.57. The van der Waals surface area contributed by atoms with Crippen molar-refractivity contribution < 1.29 is 0 Å². The molecule has 0 aliphatic rings. The first-order chi connectivity index (χ1) is 7.74. The summed E-state index contributed by atoms with van der Waals surface area (Å²) >= 11 is 5.51. The van der Waals surface area contributed by atoms with Crippen LogP contribution in [0.1, 0.15) is 25.2 Å². The lowest BCUT2D eigenvalue weighted by molar-refractivity contribution is 0.585. The number of aryl methyl sites for hydroxylation is 2. The Balaban J connectivity index is 2.65. The lowest BCUT2D eigenvalue weighted by Crippen LogP contribution is -2.19. The zero-order chi connectivity index (χ0) is 12.0. The molecule has 0 fully saturated rings. The molecule has 0 unspecified atom stereocenters. The minimum Gasteiger partial charge on any atom is -0.310 e. The van der Waals surface area contributed by atoms with Crippen LogP contribution in [0.15, 0.2) is 4.47 Å². The third-order valence-corrected chi connectivity index (χ3v) is 4.00. The molecule has 0 radical (unpaired) electrons. The van der Waals surface area contributed by atoms with E-state index in [1.54, 1.807) is 0 Å². The van der Waals surface area contributed by atoms with Crippen molar-refractivity contribution in [3.8, 4) is 0 Å². The van der Waals surface area contributed by atoms with Crippen molar-refractivity contribution in [2.75, 3.05) is 18.6 Å². The number of nitrogens with zero attached hydrogens (tertiary/aromatic N) is 2. The number of aromatic nitrogens is 2. The van der Waals surface area contributed by atoms with Gasteiger partial charge in [0, 0.05) is 25.4 Å². The molecule has 3 nitrogen and oxygen atoms in total. The molecule has 16 heavy (non-hydrogen) atoms. The van der Waals surface area contributed by atoms with Gasteiger partial charge in [0.15, 0.2) is 0 Å². The fourth-order valence-corrected chi connectivity index (χ4v) is 2.62. The van der Waals surface area contributed by atoms with Gasteiger partial charge >= 0.3 is 0 Å². The maximum Gasteiger partial charge on any atom is 0.0767 e. The maximum atomic E-state index is 4.57. The van der Waals surface area contributed by atoms with Gasteiger partial charge < -0.3 is 5.32 Å². The van der Waals surface area contributed by atoms with Crippen molar-refractivity contribution in [1.82, 2.24) is 15.1 Å². The summed E-state index contributed by atoms with van der Waals surface area (Å²) in [4.78, 5) is 0. The third-order valence-electron chi connectivity index (χ3n) is 2.47. The molecule has 5 heteroatoms. The molecule has 1 aromatic rings. The summed E-state index contributed by atoms with van der Waals surface area (Å²) < 4.78 is 3.25. The minimum atomic E-state index is 0.891. The van der Waals surface area contributed by atoms with Crippen LogP contribution in [-0.4, -0.2) is 28.3 Å². The largest absolute Gasteiger partial charge is 0.310 e. The summed E-state index contributed by atoms with van der Waals surface area (Å²) in [5, 5.41) is 8.01. The van der Waals surface area contributed by atoms with Crippen molar-refractivity contribution >= 4 is 27.7 Å². The van der Waals surface area contributed by atoms with Gasteiger partial charge in [0.1, 0.15) is 0 Å². The van der Waals surface area contributed by atoms with Gasteiger partial charge in [-0.2, -0.15) is 16.9 Å². The first-order valence-electron chi connectivity index (χ1n) is 5.68. The molecule has 92 valence electrons. The quantitative estimate of drug-likeness (QED) is 0.786. The van der Waals surface area contributed by atoms with E-state index in [4.69, 9.17) is 0 Å². The molecule has 1 aromatic heterocycles. The maximum absolute atomic E-state index is 4.57. The van der Waals surface area contributed by atoms with E-state index in [1.165, 1.54) is 10.2 Å². The second-order valence-electron chi connectivity index (χ2n) is 3.55. The average Bonchev–Trinajstić information content (AvgIpc) is 2.61. The zero-order valence-corrected chi connectivity index (χ0v) is 12.6. The van der Waals surface area contributed by atoms with Crippen LogP contribution in [0.4, 0.5) is 0 Å². The molecule has 0 aromatic carbocycles. The first kappa shape index (κ1) is 14.1. The molecule has 0 saturated carbocycles. The molecule has 0 amide bonds. The van der Waals surface area contributed by atoms with Gasteiger partial charge in [0.05, 0.1) is 15.9 Å². The average molecular weight is 306 g/mol.